The average molecular weight is 386 g/mol. The molecule has 1 aliphatic rings. The molecule has 0 amide bonds. The highest BCUT2D eigenvalue weighted by molar-refractivity contribution is 5.89. The number of methoxy groups -OCH3 is 1. The Labute approximate surface area is 168 Å². The Kier molecular flexibility index (Phi) is 4.57. The van der Waals surface area contributed by atoms with Crippen molar-refractivity contribution in [1.29, 1.82) is 0 Å². The summed E-state index contributed by atoms with van der Waals surface area (Å²) in [5.74, 6) is 1.83. The standard InChI is InChI=1S/C22H22N6O/c1-29-16-6-2-5-15(13-16)19-14-28(12-11-23-19)20-9-3-8-18(25-20)21-17-7-4-10-24-22(17)27-26-21/h2-10,13,19,23H,11-12,14H2,1H3,(H,24,26,27). The molecule has 5 rings (SSSR count). The maximum Gasteiger partial charge on any atom is 0.155 e. The molecule has 1 aliphatic heterocycles. The van der Waals surface area contributed by atoms with Crippen molar-refractivity contribution in [3.05, 3.63) is 66.4 Å². The predicted octanol–water partition coefficient (Wildman–Crippen LogP) is 3.18. The van der Waals surface area contributed by atoms with Gasteiger partial charge >= 0.3 is 0 Å². The summed E-state index contributed by atoms with van der Waals surface area (Å²) in [6, 6.07) is 18.5. The lowest BCUT2D eigenvalue weighted by molar-refractivity contribution is 0.411. The van der Waals surface area contributed by atoms with Crippen molar-refractivity contribution in [2.45, 2.75) is 6.04 Å². The molecule has 0 bridgehead atoms. The number of pyridine rings is 2. The molecule has 1 fully saturated rings. The molecule has 4 heterocycles. The lowest BCUT2D eigenvalue weighted by atomic mass is 10.0. The number of fused-ring (bicyclic) bond motifs is 1. The molecule has 4 aromatic rings. The van der Waals surface area contributed by atoms with Gasteiger partial charge in [0, 0.05) is 31.2 Å². The first-order valence-corrected chi connectivity index (χ1v) is 9.70. The summed E-state index contributed by atoms with van der Waals surface area (Å²) >= 11 is 0. The summed E-state index contributed by atoms with van der Waals surface area (Å²) in [5.41, 5.74) is 3.66. The first-order chi connectivity index (χ1) is 14.3. The number of piperazine rings is 1. The van der Waals surface area contributed by atoms with Gasteiger partial charge in [0.25, 0.3) is 0 Å². The molecule has 1 aromatic carbocycles. The van der Waals surface area contributed by atoms with Gasteiger partial charge < -0.3 is 15.0 Å². The van der Waals surface area contributed by atoms with Crippen molar-refractivity contribution in [3.8, 4) is 17.1 Å². The summed E-state index contributed by atoms with van der Waals surface area (Å²) in [6.45, 7) is 2.63. The van der Waals surface area contributed by atoms with Crippen LogP contribution >= 0.6 is 0 Å². The van der Waals surface area contributed by atoms with Crippen LogP contribution in [-0.4, -0.2) is 46.9 Å². The van der Waals surface area contributed by atoms with Crippen molar-refractivity contribution in [2.75, 3.05) is 31.6 Å². The maximum atomic E-state index is 5.38. The number of hydrogen-bond donors (Lipinski definition) is 2. The van der Waals surface area contributed by atoms with E-state index in [0.717, 1.165) is 53.6 Å². The van der Waals surface area contributed by atoms with Crippen LogP contribution in [-0.2, 0) is 0 Å². The van der Waals surface area contributed by atoms with Gasteiger partial charge in [0.05, 0.1) is 18.8 Å². The lowest BCUT2D eigenvalue weighted by Crippen LogP contribution is -2.46. The highest BCUT2D eigenvalue weighted by Gasteiger charge is 2.22. The number of benzene rings is 1. The largest absolute Gasteiger partial charge is 0.497 e. The van der Waals surface area contributed by atoms with Crippen LogP contribution in [0.1, 0.15) is 11.6 Å². The van der Waals surface area contributed by atoms with E-state index < -0.39 is 0 Å². The fourth-order valence-electron chi connectivity index (χ4n) is 3.82. The van der Waals surface area contributed by atoms with Crippen molar-refractivity contribution in [1.82, 2.24) is 25.5 Å². The fourth-order valence-corrected chi connectivity index (χ4v) is 3.82. The van der Waals surface area contributed by atoms with E-state index >= 15 is 0 Å². The highest BCUT2D eigenvalue weighted by Crippen LogP contribution is 2.27. The molecule has 2 N–H and O–H groups in total. The monoisotopic (exact) mass is 386 g/mol. The zero-order valence-corrected chi connectivity index (χ0v) is 16.2. The third kappa shape index (κ3) is 3.40. The molecule has 0 saturated carbocycles. The second kappa shape index (κ2) is 7.52. The molecule has 29 heavy (non-hydrogen) atoms. The molecule has 7 nitrogen and oxygen atoms in total. The average Bonchev–Trinajstić information content (AvgIpc) is 3.23. The number of anilines is 1. The van der Waals surface area contributed by atoms with Crippen LogP contribution in [0.25, 0.3) is 22.4 Å². The van der Waals surface area contributed by atoms with Crippen molar-refractivity contribution in [3.63, 3.8) is 0 Å². The zero-order valence-electron chi connectivity index (χ0n) is 16.2. The summed E-state index contributed by atoms with van der Waals surface area (Å²) in [7, 11) is 1.70. The Morgan fingerprint density at radius 2 is 2.03 bits per heavy atom. The third-order valence-electron chi connectivity index (χ3n) is 5.31. The number of aromatic amines is 1. The van der Waals surface area contributed by atoms with E-state index in [2.05, 4.69) is 43.6 Å². The molecule has 1 unspecified atom stereocenters. The Morgan fingerprint density at radius 3 is 2.97 bits per heavy atom. The number of hydrogen-bond acceptors (Lipinski definition) is 6. The highest BCUT2D eigenvalue weighted by atomic mass is 16.5. The van der Waals surface area contributed by atoms with Gasteiger partial charge in [-0.15, -0.1) is 0 Å². The smallest absolute Gasteiger partial charge is 0.155 e. The Bertz CT molecular complexity index is 1140. The van der Waals surface area contributed by atoms with Crippen LogP contribution in [0.3, 0.4) is 0 Å². The van der Waals surface area contributed by atoms with E-state index in [1.165, 1.54) is 5.56 Å². The van der Waals surface area contributed by atoms with Crippen molar-refractivity contribution in [2.24, 2.45) is 0 Å². The quantitative estimate of drug-likeness (QED) is 0.561. The van der Waals surface area contributed by atoms with Gasteiger partial charge in [0.15, 0.2) is 5.65 Å². The molecular formula is C22H22N6O. The zero-order chi connectivity index (χ0) is 19.6. The van der Waals surface area contributed by atoms with Crippen LogP contribution in [0, 0.1) is 0 Å². The Hall–Kier alpha value is -3.45. The summed E-state index contributed by atoms with van der Waals surface area (Å²) in [5, 5.41) is 12.0. The summed E-state index contributed by atoms with van der Waals surface area (Å²) < 4.78 is 5.38. The molecule has 1 atom stereocenters. The number of aromatic nitrogens is 4. The molecule has 0 aliphatic carbocycles. The van der Waals surface area contributed by atoms with Gasteiger partial charge in [0.2, 0.25) is 0 Å². The molecule has 146 valence electrons. The molecular weight excluding hydrogens is 364 g/mol. The first-order valence-electron chi connectivity index (χ1n) is 9.70. The van der Waals surface area contributed by atoms with Crippen LogP contribution in [0.15, 0.2) is 60.8 Å². The van der Waals surface area contributed by atoms with Gasteiger partial charge in [-0.2, -0.15) is 5.10 Å². The Morgan fingerprint density at radius 1 is 1.10 bits per heavy atom. The number of rotatable bonds is 4. The van der Waals surface area contributed by atoms with Gasteiger partial charge in [-0.05, 0) is 42.0 Å². The number of H-pyrrole nitrogens is 1. The van der Waals surface area contributed by atoms with Crippen LogP contribution in [0.4, 0.5) is 5.82 Å². The second-order valence-electron chi connectivity index (χ2n) is 7.08. The van der Waals surface area contributed by atoms with Crippen molar-refractivity contribution >= 4 is 16.9 Å². The summed E-state index contributed by atoms with van der Waals surface area (Å²) in [6.07, 6.45) is 1.76. The summed E-state index contributed by atoms with van der Waals surface area (Å²) in [4.78, 5) is 11.6. The van der Waals surface area contributed by atoms with Gasteiger partial charge in [-0.1, -0.05) is 18.2 Å². The van der Waals surface area contributed by atoms with E-state index in [-0.39, 0.29) is 6.04 Å². The second-order valence-corrected chi connectivity index (χ2v) is 7.08. The molecule has 7 heteroatoms. The fraction of sp³-hybridized carbons (Fsp3) is 0.227. The van der Waals surface area contributed by atoms with E-state index in [4.69, 9.17) is 9.72 Å². The SMILES string of the molecule is COc1cccc(C2CN(c3cccc(-c4n[nH]c5ncccc45)n3)CCN2)c1. The van der Waals surface area contributed by atoms with Crippen LogP contribution in [0.2, 0.25) is 0 Å². The molecule has 0 spiro atoms. The van der Waals surface area contributed by atoms with Gasteiger partial charge in [0.1, 0.15) is 17.3 Å². The van der Waals surface area contributed by atoms with Crippen molar-refractivity contribution < 1.29 is 4.74 Å². The number of nitrogens with one attached hydrogen (secondary N) is 2. The predicted molar refractivity (Wildman–Crippen MR) is 113 cm³/mol. The Balaban J connectivity index is 1.43. The molecule has 3 aromatic heterocycles. The number of ether oxygens (including phenoxy) is 1. The van der Waals surface area contributed by atoms with E-state index in [0.29, 0.717) is 0 Å². The lowest BCUT2D eigenvalue weighted by Gasteiger charge is -2.35. The van der Waals surface area contributed by atoms with Gasteiger partial charge in [-0.3, -0.25) is 5.10 Å². The maximum absolute atomic E-state index is 5.38. The number of nitrogens with zero attached hydrogens (tertiary/aromatic N) is 4. The topological polar surface area (TPSA) is 79.0 Å². The first kappa shape index (κ1) is 17.6. The van der Waals surface area contributed by atoms with E-state index in [1.54, 1.807) is 13.3 Å². The van der Waals surface area contributed by atoms with E-state index in [1.807, 2.05) is 36.4 Å². The van der Waals surface area contributed by atoms with Crippen LogP contribution < -0.4 is 15.0 Å². The molecule has 1 saturated heterocycles. The minimum absolute atomic E-state index is 0.222. The van der Waals surface area contributed by atoms with Crippen LogP contribution in [0.5, 0.6) is 5.75 Å². The molecule has 0 radical (unpaired) electrons. The van der Waals surface area contributed by atoms with Gasteiger partial charge in [-0.25, -0.2) is 9.97 Å². The minimum Gasteiger partial charge on any atom is -0.497 e. The van der Waals surface area contributed by atoms with E-state index in [9.17, 15) is 0 Å². The normalized spacial score (nSPS) is 16.9. The third-order valence-corrected chi connectivity index (χ3v) is 5.31. The minimum atomic E-state index is 0.222.